The van der Waals surface area contributed by atoms with Crippen LogP contribution in [-0.4, -0.2) is 31.6 Å². The van der Waals surface area contributed by atoms with Crippen LogP contribution in [0, 0.1) is 5.92 Å². The summed E-state index contributed by atoms with van der Waals surface area (Å²) in [4.78, 5) is 14.3. The number of hydrogen-bond donors (Lipinski definition) is 2. The number of amides is 1. The normalized spacial score (nSPS) is 16.4. The van der Waals surface area contributed by atoms with E-state index >= 15 is 0 Å². The number of nitrogens with two attached hydrogens (primary N) is 1. The zero-order chi connectivity index (χ0) is 15.2. The summed E-state index contributed by atoms with van der Waals surface area (Å²) in [6, 6.07) is 8.17. The number of rotatable bonds is 7. The van der Waals surface area contributed by atoms with Crippen LogP contribution < -0.4 is 16.0 Å². The van der Waals surface area contributed by atoms with Gasteiger partial charge in [-0.05, 0) is 30.4 Å². The molecule has 21 heavy (non-hydrogen) atoms. The van der Waals surface area contributed by atoms with Crippen LogP contribution in [-0.2, 0) is 11.2 Å². The second-order valence-corrected chi connectivity index (χ2v) is 5.92. The van der Waals surface area contributed by atoms with Crippen molar-refractivity contribution in [3.05, 3.63) is 29.8 Å². The molecule has 1 aliphatic heterocycles. The van der Waals surface area contributed by atoms with E-state index in [1.807, 2.05) is 6.92 Å². The van der Waals surface area contributed by atoms with Crippen LogP contribution in [0.5, 0.6) is 0 Å². The van der Waals surface area contributed by atoms with Gasteiger partial charge in [-0.2, -0.15) is 0 Å². The first-order chi connectivity index (χ1) is 10.1. The number of carbonyl (C=O) groups is 1. The third-order valence-corrected chi connectivity index (χ3v) is 4.45. The summed E-state index contributed by atoms with van der Waals surface area (Å²) in [5.41, 5.74) is 8.69. The van der Waals surface area contributed by atoms with Gasteiger partial charge in [0.25, 0.3) is 0 Å². The fourth-order valence-electron chi connectivity index (χ4n) is 2.75. The summed E-state index contributed by atoms with van der Waals surface area (Å²) in [5, 5.41) is 2.95. The number of anilines is 1. The molecular weight excluding hydrogens is 262 g/mol. The largest absolute Gasteiger partial charge is 0.371 e. The van der Waals surface area contributed by atoms with Crippen molar-refractivity contribution in [2.75, 3.05) is 24.5 Å². The van der Waals surface area contributed by atoms with Gasteiger partial charge < -0.3 is 16.0 Å². The highest BCUT2D eigenvalue weighted by Crippen LogP contribution is 2.27. The van der Waals surface area contributed by atoms with Crippen molar-refractivity contribution in [3.8, 4) is 0 Å². The van der Waals surface area contributed by atoms with Crippen LogP contribution in [0.2, 0.25) is 0 Å². The molecule has 1 heterocycles. The third-order valence-electron chi connectivity index (χ3n) is 4.45. The molecule has 0 fully saturated rings. The summed E-state index contributed by atoms with van der Waals surface area (Å²) in [7, 11) is 0. The van der Waals surface area contributed by atoms with E-state index in [1.54, 1.807) is 0 Å². The number of fused-ring (bicyclic) bond motifs is 1. The molecular formula is C17H27N3O. The van der Waals surface area contributed by atoms with E-state index < -0.39 is 0 Å². The summed E-state index contributed by atoms with van der Waals surface area (Å²) in [6.07, 6.45) is 3.01. The van der Waals surface area contributed by atoms with Gasteiger partial charge >= 0.3 is 0 Å². The number of carbonyl (C=O) groups excluding carboxylic acids is 1. The molecule has 4 nitrogen and oxygen atoms in total. The Labute approximate surface area is 127 Å². The number of para-hydroxylation sites is 1. The Balaban J connectivity index is 1.70. The summed E-state index contributed by atoms with van der Waals surface area (Å²) in [6.45, 7) is 6.84. The minimum atomic E-state index is -0.387. The van der Waals surface area contributed by atoms with Gasteiger partial charge in [0, 0.05) is 25.3 Å². The number of hydrogen-bond acceptors (Lipinski definition) is 3. The molecule has 116 valence electrons. The SMILES string of the molecule is CCC(C)C(N)C(=O)NCCCN1CCc2ccccc21. The van der Waals surface area contributed by atoms with Crippen molar-refractivity contribution >= 4 is 11.6 Å². The van der Waals surface area contributed by atoms with E-state index in [1.165, 1.54) is 11.3 Å². The van der Waals surface area contributed by atoms with Crippen LogP contribution in [0.1, 0.15) is 32.3 Å². The molecule has 0 bridgehead atoms. The average molecular weight is 289 g/mol. The van der Waals surface area contributed by atoms with E-state index in [-0.39, 0.29) is 17.9 Å². The maximum atomic E-state index is 11.9. The summed E-state index contributed by atoms with van der Waals surface area (Å²) >= 11 is 0. The summed E-state index contributed by atoms with van der Waals surface area (Å²) in [5.74, 6) is 0.210. The van der Waals surface area contributed by atoms with Gasteiger partial charge in [-0.1, -0.05) is 38.5 Å². The van der Waals surface area contributed by atoms with Crippen molar-refractivity contribution in [1.29, 1.82) is 0 Å². The highest BCUT2D eigenvalue weighted by atomic mass is 16.2. The molecule has 4 heteroatoms. The topological polar surface area (TPSA) is 58.4 Å². The van der Waals surface area contributed by atoms with Crippen LogP contribution in [0.15, 0.2) is 24.3 Å². The Morgan fingerprint density at radius 2 is 2.19 bits per heavy atom. The van der Waals surface area contributed by atoms with Crippen LogP contribution in [0.25, 0.3) is 0 Å². The maximum Gasteiger partial charge on any atom is 0.237 e. The summed E-state index contributed by atoms with van der Waals surface area (Å²) < 4.78 is 0. The first kappa shape index (κ1) is 15.8. The van der Waals surface area contributed by atoms with Gasteiger partial charge in [0.1, 0.15) is 0 Å². The van der Waals surface area contributed by atoms with Gasteiger partial charge in [0.05, 0.1) is 6.04 Å². The Morgan fingerprint density at radius 3 is 2.95 bits per heavy atom. The van der Waals surface area contributed by atoms with E-state index in [0.717, 1.165) is 32.4 Å². The minimum absolute atomic E-state index is 0.0221. The average Bonchev–Trinajstić information content (AvgIpc) is 2.93. The quantitative estimate of drug-likeness (QED) is 0.754. The van der Waals surface area contributed by atoms with E-state index in [4.69, 9.17) is 5.73 Å². The number of nitrogens with one attached hydrogen (secondary N) is 1. The molecule has 2 unspecified atom stereocenters. The predicted octanol–water partition coefficient (Wildman–Crippen LogP) is 1.93. The van der Waals surface area contributed by atoms with Gasteiger partial charge in [-0.25, -0.2) is 0 Å². The molecule has 3 N–H and O–H groups in total. The second-order valence-electron chi connectivity index (χ2n) is 5.92. The number of nitrogens with zero attached hydrogens (tertiary/aromatic N) is 1. The second kappa shape index (κ2) is 7.46. The van der Waals surface area contributed by atoms with E-state index in [2.05, 4.69) is 41.4 Å². The Kier molecular flexibility index (Phi) is 5.62. The standard InChI is InChI=1S/C17H27N3O/c1-3-13(2)16(18)17(21)19-10-6-11-20-12-9-14-7-4-5-8-15(14)20/h4-5,7-8,13,16H,3,6,9-12,18H2,1-2H3,(H,19,21). The molecule has 0 radical (unpaired) electrons. The molecule has 1 amide bonds. The highest BCUT2D eigenvalue weighted by molar-refractivity contribution is 5.81. The monoisotopic (exact) mass is 289 g/mol. The lowest BCUT2D eigenvalue weighted by Gasteiger charge is -2.20. The van der Waals surface area contributed by atoms with E-state index in [0.29, 0.717) is 6.54 Å². The molecule has 2 rings (SSSR count). The molecule has 0 aliphatic carbocycles. The van der Waals surface area contributed by atoms with Crippen LogP contribution in [0.3, 0.4) is 0 Å². The molecule has 1 aliphatic rings. The van der Waals surface area contributed by atoms with Gasteiger partial charge in [0.15, 0.2) is 0 Å². The molecule has 0 saturated carbocycles. The molecule has 1 aromatic carbocycles. The lowest BCUT2D eigenvalue weighted by molar-refractivity contribution is -0.123. The van der Waals surface area contributed by atoms with Crippen LogP contribution >= 0.6 is 0 Å². The maximum absolute atomic E-state index is 11.9. The highest BCUT2D eigenvalue weighted by Gasteiger charge is 2.20. The minimum Gasteiger partial charge on any atom is -0.371 e. The van der Waals surface area contributed by atoms with Crippen LogP contribution in [0.4, 0.5) is 5.69 Å². The van der Waals surface area contributed by atoms with Crippen molar-refractivity contribution in [2.45, 2.75) is 39.2 Å². The first-order valence-electron chi connectivity index (χ1n) is 7.99. The molecule has 1 aromatic rings. The van der Waals surface area contributed by atoms with Gasteiger partial charge in [-0.3, -0.25) is 4.79 Å². The van der Waals surface area contributed by atoms with Crippen molar-refractivity contribution in [2.24, 2.45) is 11.7 Å². The first-order valence-corrected chi connectivity index (χ1v) is 7.99. The molecule has 0 spiro atoms. The molecule has 2 atom stereocenters. The lowest BCUT2D eigenvalue weighted by Crippen LogP contribution is -2.45. The zero-order valence-electron chi connectivity index (χ0n) is 13.1. The Morgan fingerprint density at radius 1 is 1.43 bits per heavy atom. The fraction of sp³-hybridized carbons (Fsp3) is 0.588. The van der Waals surface area contributed by atoms with Gasteiger partial charge in [-0.15, -0.1) is 0 Å². The molecule has 0 saturated heterocycles. The Bertz CT molecular complexity index is 475. The van der Waals surface area contributed by atoms with E-state index in [9.17, 15) is 4.79 Å². The Hall–Kier alpha value is -1.55. The predicted molar refractivity (Wildman–Crippen MR) is 87.4 cm³/mol. The van der Waals surface area contributed by atoms with Crippen molar-refractivity contribution in [3.63, 3.8) is 0 Å². The zero-order valence-corrected chi connectivity index (χ0v) is 13.1. The number of benzene rings is 1. The van der Waals surface area contributed by atoms with Crippen molar-refractivity contribution in [1.82, 2.24) is 5.32 Å². The lowest BCUT2D eigenvalue weighted by atomic mass is 9.99. The van der Waals surface area contributed by atoms with Crippen molar-refractivity contribution < 1.29 is 4.79 Å². The fourth-order valence-corrected chi connectivity index (χ4v) is 2.75. The third kappa shape index (κ3) is 3.97. The molecule has 0 aromatic heterocycles. The van der Waals surface area contributed by atoms with Gasteiger partial charge in [0.2, 0.25) is 5.91 Å². The smallest absolute Gasteiger partial charge is 0.237 e.